The van der Waals surface area contributed by atoms with Crippen LogP contribution in [0, 0.1) is 0 Å². The van der Waals surface area contributed by atoms with Gasteiger partial charge in [-0.1, -0.05) is 18.5 Å². The lowest BCUT2D eigenvalue weighted by atomic mass is 10.4. The summed E-state index contributed by atoms with van der Waals surface area (Å²) in [5.41, 5.74) is 0.928. The average molecular weight is 247 g/mol. The molecule has 1 aromatic rings. The van der Waals surface area contributed by atoms with Crippen LogP contribution in [-0.4, -0.2) is 21.4 Å². The number of hydrogen-bond donors (Lipinski definition) is 2. The molecule has 0 amide bonds. The van der Waals surface area contributed by atoms with Crippen LogP contribution in [0.25, 0.3) is 0 Å². The number of thiocarbonyl (C=S) groups is 1. The Bertz CT molecular complexity index is 317. The zero-order chi connectivity index (χ0) is 11.3. The summed E-state index contributed by atoms with van der Waals surface area (Å²) < 4.78 is 1.73. The molecule has 6 heteroatoms. The van der Waals surface area contributed by atoms with Crippen molar-refractivity contribution in [2.45, 2.75) is 19.9 Å². The summed E-state index contributed by atoms with van der Waals surface area (Å²) in [7, 11) is 1.85. The molecule has 0 fully saturated rings. The molecule has 0 spiro atoms. The Balaban J connectivity index is 2.40. The van der Waals surface area contributed by atoms with E-state index in [1.54, 1.807) is 10.9 Å². The maximum absolute atomic E-state index is 5.95. The van der Waals surface area contributed by atoms with Crippen LogP contribution in [0.3, 0.4) is 0 Å². The van der Waals surface area contributed by atoms with E-state index in [9.17, 15) is 0 Å². The number of aryl methyl sites for hydroxylation is 1. The third kappa shape index (κ3) is 3.68. The molecule has 0 aliphatic carbocycles. The fraction of sp³-hybridized carbons (Fsp3) is 0.556. The summed E-state index contributed by atoms with van der Waals surface area (Å²) in [5, 5.41) is 11.5. The molecular formula is C9H15ClN4S. The number of nitrogens with zero attached hydrogens (tertiary/aromatic N) is 2. The maximum Gasteiger partial charge on any atom is 0.166 e. The molecule has 0 aliphatic rings. The van der Waals surface area contributed by atoms with Gasteiger partial charge in [0.1, 0.15) is 0 Å². The summed E-state index contributed by atoms with van der Waals surface area (Å²) in [6, 6.07) is 0. The van der Waals surface area contributed by atoms with E-state index in [1.807, 2.05) is 7.05 Å². The van der Waals surface area contributed by atoms with E-state index in [-0.39, 0.29) is 0 Å². The lowest BCUT2D eigenvalue weighted by Crippen LogP contribution is -2.35. The van der Waals surface area contributed by atoms with Crippen molar-refractivity contribution in [3.63, 3.8) is 0 Å². The molecule has 1 heterocycles. The van der Waals surface area contributed by atoms with Gasteiger partial charge in [0.2, 0.25) is 0 Å². The highest BCUT2D eigenvalue weighted by atomic mass is 35.5. The summed E-state index contributed by atoms with van der Waals surface area (Å²) >= 11 is 11.0. The number of nitrogens with one attached hydrogen (secondary N) is 2. The van der Waals surface area contributed by atoms with E-state index in [4.69, 9.17) is 23.8 Å². The van der Waals surface area contributed by atoms with Gasteiger partial charge in [-0.3, -0.25) is 4.68 Å². The van der Waals surface area contributed by atoms with Crippen LogP contribution in [0.15, 0.2) is 6.20 Å². The van der Waals surface area contributed by atoms with Crippen molar-refractivity contribution < 1.29 is 0 Å². The van der Waals surface area contributed by atoms with Gasteiger partial charge in [0.15, 0.2) is 5.11 Å². The molecule has 0 bridgehead atoms. The van der Waals surface area contributed by atoms with Gasteiger partial charge in [0.05, 0.1) is 23.5 Å². The predicted molar refractivity (Wildman–Crippen MR) is 65.9 cm³/mol. The first kappa shape index (κ1) is 12.3. The number of aromatic nitrogens is 2. The van der Waals surface area contributed by atoms with Gasteiger partial charge < -0.3 is 10.6 Å². The fourth-order valence-corrected chi connectivity index (χ4v) is 1.51. The second kappa shape index (κ2) is 5.92. The van der Waals surface area contributed by atoms with Crippen LogP contribution in [0.4, 0.5) is 0 Å². The molecule has 0 radical (unpaired) electrons. The van der Waals surface area contributed by atoms with Gasteiger partial charge in [0, 0.05) is 13.6 Å². The van der Waals surface area contributed by atoms with Crippen molar-refractivity contribution in [2.24, 2.45) is 7.05 Å². The lowest BCUT2D eigenvalue weighted by molar-refractivity contribution is 0.687. The summed E-state index contributed by atoms with van der Waals surface area (Å²) in [4.78, 5) is 0. The molecule has 0 aromatic carbocycles. The summed E-state index contributed by atoms with van der Waals surface area (Å²) in [5.74, 6) is 0. The molecule has 4 nitrogen and oxygen atoms in total. The first-order chi connectivity index (χ1) is 7.15. The SMILES string of the molecule is CCCNC(=S)NCc1c(Cl)cnn1C. The van der Waals surface area contributed by atoms with E-state index in [1.165, 1.54) is 0 Å². The first-order valence-corrected chi connectivity index (χ1v) is 5.61. The Labute approximate surface area is 100.0 Å². The van der Waals surface area contributed by atoms with Gasteiger partial charge in [-0.25, -0.2) is 0 Å². The van der Waals surface area contributed by atoms with Crippen LogP contribution >= 0.6 is 23.8 Å². The molecule has 0 atom stereocenters. The highest BCUT2D eigenvalue weighted by molar-refractivity contribution is 7.80. The van der Waals surface area contributed by atoms with Crippen LogP contribution in [0.2, 0.25) is 5.02 Å². The average Bonchev–Trinajstić information content (AvgIpc) is 2.53. The zero-order valence-electron chi connectivity index (χ0n) is 8.88. The monoisotopic (exact) mass is 246 g/mol. The van der Waals surface area contributed by atoms with E-state index >= 15 is 0 Å². The van der Waals surface area contributed by atoms with Crippen LogP contribution in [0.1, 0.15) is 19.0 Å². The normalized spacial score (nSPS) is 10.1. The van der Waals surface area contributed by atoms with Crippen molar-refractivity contribution in [1.29, 1.82) is 0 Å². The molecule has 0 saturated heterocycles. The van der Waals surface area contributed by atoms with E-state index < -0.39 is 0 Å². The minimum atomic E-state index is 0.588. The first-order valence-electron chi connectivity index (χ1n) is 4.83. The predicted octanol–water partition coefficient (Wildman–Crippen LogP) is 1.45. The van der Waals surface area contributed by atoms with Gasteiger partial charge in [0.25, 0.3) is 0 Å². The topological polar surface area (TPSA) is 41.9 Å². The van der Waals surface area contributed by atoms with Gasteiger partial charge >= 0.3 is 0 Å². The second-order valence-electron chi connectivity index (χ2n) is 3.17. The number of halogens is 1. The standard InChI is InChI=1S/C9H15ClN4S/c1-3-4-11-9(15)12-6-8-7(10)5-13-14(8)2/h5H,3-4,6H2,1-2H3,(H2,11,12,15). The molecular weight excluding hydrogens is 232 g/mol. The van der Waals surface area contributed by atoms with Crippen molar-refractivity contribution >= 4 is 28.9 Å². The van der Waals surface area contributed by atoms with E-state index in [0.29, 0.717) is 16.7 Å². The lowest BCUT2D eigenvalue weighted by Gasteiger charge is -2.09. The maximum atomic E-state index is 5.95. The highest BCUT2D eigenvalue weighted by Gasteiger charge is 2.05. The minimum absolute atomic E-state index is 0.588. The molecule has 1 rings (SSSR count). The van der Waals surface area contributed by atoms with Gasteiger partial charge in [-0.2, -0.15) is 5.10 Å². The van der Waals surface area contributed by atoms with Crippen molar-refractivity contribution in [3.05, 3.63) is 16.9 Å². The van der Waals surface area contributed by atoms with Gasteiger partial charge in [-0.15, -0.1) is 0 Å². The zero-order valence-corrected chi connectivity index (χ0v) is 10.5. The summed E-state index contributed by atoms with van der Waals surface area (Å²) in [6.07, 6.45) is 2.68. The van der Waals surface area contributed by atoms with Gasteiger partial charge in [-0.05, 0) is 18.6 Å². The molecule has 2 N–H and O–H groups in total. The van der Waals surface area contributed by atoms with E-state index in [2.05, 4.69) is 22.7 Å². The van der Waals surface area contributed by atoms with Crippen molar-refractivity contribution in [2.75, 3.05) is 6.54 Å². The Morgan fingerprint density at radius 2 is 2.33 bits per heavy atom. The number of hydrogen-bond acceptors (Lipinski definition) is 2. The molecule has 0 unspecified atom stereocenters. The molecule has 84 valence electrons. The Kier molecular flexibility index (Phi) is 4.84. The summed E-state index contributed by atoms with van der Waals surface area (Å²) in [6.45, 7) is 3.56. The molecule has 0 saturated carbocycles. The third-order valence-electron chi connectivity index (χ3n) is 1.96. The van der Waals surface area contributed by atoms with Crippen LogP contribution in [0.5, 0.6) is 0 Å². The van der Waals surface area contributed by atoms with Crippen molar-refractivity contribution in [3.8, 4) is 0 Å². The van der Waals surface area contributed by atoms with Crippen LogP contribution in [-0.2, 0) is 13.6 Å². The highest BCUT2D eigenvalue weighted by Crippen LogP contribution is 2.13. The number of rotatable bonds is 4. The molecule has 15 heavy (non-hydrogen) atoms. The quantitative estimate of drug-likeness (QED) is 0.790. The van der Waals surface area contributed by atoms with E-state index in [0.717, 1.165) is 18.7 Å². The Morgan fingerprint density at radius 3 is 2.87 bits per heavy atom. The molecule has 1 aromatic heterocycles. The molecule has 0 aliphatic heterocycles. The third-order valence-corrected chi connectivity index (χ3v) is 2.57. The van der Waals surface area contributed by atoms with Crippen LogP contribution < -0.4 is 10.6 Å². The Hall–Kier alpha value is -0.810. The largest absolute Gasteiger partial charge is 0.363 e. The smallest absolute Gasteiger partial charge is 0.166 e. The van der Waals surface area contributed by atoms with Crippen molar-refractivity contribution in [1.82, 2.24) is 20.4 Å². The minimum Gasteiger partial charge on any atom is -0.363 e. The second-order valence-corrected chi connectivity index (χ2v) is 3.99. The fourth-order valence-electron chi connectivity index (χ4n) is 1.10. The Morgan fingerprint density at radius 1 is 1.60 bits per heavy atom.